The monoisotopic (exact) mass is 482 g/mol. The van der Waals surface area contributed by atoms with Crippen LogP contribution in [-0.4, -0.2) is 26.0 Å². The predicted molar refractivity (Wildman–Crippen MR) is 124 cm³/mol. The van der Waals surface area contributed by atoms with Gasteiger partial charge in [-0.1, -0.05) is 0 Å². The van der Waals surface area contributed by atoms with Crippen LogP contribution in [0.5, 0.6) is 0 Å². The SMILES string of the molecule is Cl.Cl.Nc1ncc(-c2ccc(NC(=O)Nc3ccc(F)c(-c4cnc(N)[nH]4)c3)cc2F)[nH]1. The first-order valence-electron chi connectivity index (χ1n) is 8.68. The number of aromatic amines is 2. The summed E-state index contributed by atoms with van der Waals surface area (Å²) in [5.74, 6) is -0.773. The highest BCUT2D eigenvalue weighted by Crippen LogP contribution is 2.26. The lowest BCUT2D eigenvalue weighted by Crippen LogP contribution is -2.19. The number of benzene rings is 2. The van der Waals surface area contributed by atoms with Crippen molar-refractivity contribution >= 4 is 54.1 Å². The summed E-state index contributed by atoms with van der Waals surface area (Å²) in [6, 6.07) is 7.56. The van der Waals surface area contributed by atoms with E-state index in [-0.39, 0.29) is 53.5 Å². The molecule has 0 aliphatic carbocycles. The Morgan fingerprint density at radius 3 is 1.84 bits per heavy atom. The molecule has 0 fully saturated rings. The summed E-state index contributed by atoms with van der Waals surface area (Å²) < 4.78 is 28.5. The van der Waals surface area contributed by atoms with Crippen LogP contribution < -0.4 is 22.1 Å². The number of imidazole rings is 2. The molecule has 2 aromatic carbocycles. The number of halogens is 4. The van der Waals surface area contributed by atoms with Crippen molar-refractivity contribution in [3.63, 3.8) is 0 Å². The second-order valence-corrected chi connectivity index (χ2v) is 6.33. The second kappa shape index (κ2) is 9.98. The minimum absolute atomic E-state index is 0. The van der Waals surface area contributed by atoms with Crippen LogP contribution in [0.25, 0.3) is 22.5 Å². The summed E-state index contributed by atoms with van der Waals surface area (Å²) >= 11 is 0. The van der Waals surface area contributed by atoms with Crippen molar-refractivity contribution in [1.29, 1.82) is 0 Å². The average Bonchev–Trinajstić information content (AvgIpc) is 3.32. The van der Waals surface area contributed by atoms with Crippen LogP contribution in [0.15, 0.2) is 48.8 Å². The predicted octanol–water partition coefficient (Wildman–Crippen LogP) is 4.40. The molecular weight excluding hydrogens is 465 g/mol. The van der Waals surface area contributed by atoms with Gasteiger partial charge in [-0.25, -0.2) is 23.5 Å². The van der Waals surface area contributed by atoms with Crippen LogP contribution in [0, 0.1) is 11.6 Å². The molecule has 0 unspecified atom stereocenters. The number of nitrogens with two attached hydrogens (primary N) is 2. The van der Waals surface area contributed by atoms with Crippen molar-refractivity contribution in [2.24, 2.45) is 0 Å². The van der Waals surface area contributed by atoms with E-state index in [1.807, 2.05) is 0 Å². The third-order valence-corrected chi connectivity index (χ3v) is 4.22. The maximum Gasteiger partial charge on any atom is 0.323 e. The Bertz CT molecular complexity index is 1240. The summed E-state index contributed by atoms with van der Waals surface area (Å²) in [7, 11) is 0. The molecule has 13 heteroatoms. The largest absolute Gasteiger partial charge is 0.369 e. The van der Waals surface area contributed by atoms with Crippen molar-refractivity contribution < 1.29 is 13.6 Å². The van der Waals surface area contributed by atoms with E-state index in [0.29, 0.717) is 17.1 Å². The molecule has 4 aromatic rings. The number of amides is 2. The molecule has 9 nitrogen and oxygen atoms in total. The Morgan fingerprint density at radius 2 is 1.31 bits per heavy atom. The van der Waals surface area contributed by atoms with Gasteiger partial charge in [0, 0.05) is 22.5 Å². The summed E-state index contributed by atoms with van der Waals surface area (Å²) in [5, 5.41) is 5.08. The molecule has 0 radical (unpaired) electrons. The van der Waals surface area contributed by atoms with Crippen LogP contribution in [0.1, 0.15) is 0 Å². The molecule has 0 bridgehead atoms. The summed E-state index contributed by atoms with van der Waals surface area (Å²) in [5.41, 5.74) is 12.8. The number of nitrogen functional groups attached to an aromatic ring is 2. The topological polar surface area (TPSA) is 151 Å². The van der Waals surface area contributed by atoms with Gasteiger partial charge in [0.15, 0.2) is 11.9 Å². The van der Waals surface area contributed by atoms with Gasteiger partial charge in [-0.3, -0.25) is 0 Å². The number of hydrogen-bond acceptors (Lipinski definition) is 5. The van der Waals surface area contributed by atoms with Gasteiger partial charge < -0.3 is 32.1 Å². The van der Waals surface area contributed by atoms with Crippen molar-refractivity contribution in [1.82, 2.24) is 19.9 Å². The van der Waals surface area contributed by atoms with Crippen LogP contribution in [0.3, 0.4) is 0 Å². The smallest absolute Gasteiger partial charge is 0.323 e. The van der Waals surface area contributed by atoms with Crippen molar-refractivity contribution in [3.05, 3.63) is 60.4 Å². The lowest BCUT2D eigenvalue weighted by Gasteiger charge is -2.10. The van der Waals surface area contributed by atoms with Crippen LogP contribution in [0.4, 0.5) is 36.8 Å². The number of nitrogens with zero attached hydrogens (tertiary/aromatic N) is 2. The molecule has 0 spiro atoms. The summed E-state index contributed by atoms with van der Waals surface area (Å²) in [6.45, 7) is 0. The highest BCUT2D eigenvalue weighted by atomic mass is 35.5. The van der Waals surface area contributed by atoms with Gasteiger partial charge in [-0.15, -0.1) is 24.8 Å². The zero-order chi connectivity index (χ0) is 21.3. The Labute approximate surface area is 192 Å². The maximum atomic E-state index is 14.4. The summed E-state index contributed by atoms with van der Waals surface area (Å²) in [4.78, 5) is 25.4. The molecule has 2 aromatic heterocycles. The van der Waals surface area contributed by atoms with Crippen molar-refractivity contribution in [2.75, 3.05) is 22.1 Å². The first-order valence-corrected chi connectivity index (χ1v) is 8.68. The normalized spacial score (nSPS) is 10.1. The molecule has 2 amide bonds. The molecule has 0 atom stereocenters. The van der Waals surface area contributed by atoms with Crippen molar-refractivity contribution in [2.45, 2.75) is 0 Å². The highest BCUT2D eigenvalue weighted by molar-refractivity contribution is 6.00. The number of urea groups is 1. The zero-order valence-corrected chi connectivity index (χ0v) is 17.8. The second-order valence-electron chi connectivity index (χ2n) is 6.33. The molecule has 0 saturated carbocycles. The van der Waals surface area contributed by atoms with Crippen LogP contribution in [-0.2, 0) is 0 Å². The van der Waals surface area contributed by atoms with E-state index < -0.39 is 17.7 Å². The molecule has 0 aliphatic rings. The van der Waals surface area contributed by atoms with Gasteiger partial charge in [0.05, 0.1) is 23.8 Å². The van der Waals surface area contributed by atoms with E-state index in [1.165, 1.54) is 42.7 Å². The van der Waals surface area contributed by atoms with E-state index in [4.69, 9.17) is 11.5 Å². The first-order chi connectivity index (χ1) is 14.4. The Balaban J connectivity index is 0.00000181. The third-order valence-electron chi connectivity index (χ3n) is 4.22. The Kier molecular flexibility index (Phi) is 7.63. The number of carbonyl (C=O) groups is 1. The Morgan fingerprint density at radius 1 is 0.781 bits per heavy atom. The van der Waals surface area contributed by atoms with E-state index >= 15 is 0 Å². The zero-order valence-electron chi connectivity index (χ0n) is 16.1. The average molecular weight is 483 g/mol. The molecule has 4 rings (SSSR count). The fourth-order valence-electron chi connectivity index (χ4n) is 2.86. The number of hydrogen-bond donors (Lipinski definition) is 6. The van der Waals surface area contributed by atoms with Gasteiger partial charge >= 0.3 is 6.03 Å². The number of carbonyl (C=O) groups excluding carboxylic acids is 1. The van der Waals surface area contributed by atoms with Crippen LogP contribution in [0.2, 0.25) is 0 Å². The van der Waals surface area contributed by atoms with Gasteiger partial charge in [-0.05, 0) is 36.4 Å². The molecule has 168 valence electrons. The quantitative estimate of drug-likeness (QED) is 0.254. The van der Waals surface area contributed by atoms with Gasteiger partial charge in [0.1, 0.15) is 11.6 Å². The van der Waals surface area contributed by atoms with Gasteiger partial charge in [-0.2, -0.15) is 0 Å². The van der Waals surface area contributed by atoms with E-state index in [1.54, 1.807) is 0 Å². The Hall–Kier alpha value is -3.83. The fourth-order valence-corrected chi connectivity index (χ4v) is 2.86. The third kappa shape index (κ3) is 5.25. The van der Waals surface area contributed by atoms with Gasteiger partial charge in [0.25, 0.3) is 0 Å². The van der Waals surface area contributed by atoms with Crippen molar-refractivity contribution in [3.8, 4) is 22.5 Å². The standard InChI is InChI=1S/C19H16F2N8O.2ClH/c20-13-4-2-9(5-12(13)16-8-25-18(23)29-16)26-19(30)27-10-1-3-11(14(21)6-10)15-7-24-17(22)28-15;;/h1-8H,(H3,22,24,28)(H3,23,25,29)(H2,26,27,30);2*1H. The summed E-state index contributed by atoms with van der Waals surface area (Å²) in [6.07, 6.45) is 2.79. The molecule has 8 N–H and O–H groups in total. The molecule has 0 aliphatic heterocycles. The highest BCUT2D eigenvalue weighted by Gasteiger charge is 2.12. The minimum atomic E-state index is -0.630. The number of nitrogens with one attached hydrogen (secondary N) is 4. The van der Waals surface area contributed by atoms with E-state index in [9.17, 15) is 13.6 Å². The van der Waals surface area contributed by atoms with Gasteiger partial charge in [0.2, 0.25) is 0 Å². The minimum Gasteiger partial charge on any atom is -0.369 e. The molecule has 2 heterocycles. The maximum absolute atomic E-state index is 14.4. The number of rotatable bonds is 4. The van der Waals surface area contributed by atoms with Crippen LogP contribution >= 0.6 is 24.8 Å². The number of anilines is 4. The lowest BCUT2D eigenvalue weighted by atomic mass is 10.1. The fraction of sp³-hybridized carbons (Fsp3) is 0. The molecule has 0 saturated heterocycles. The van der Waals surface area contributed by atoms with E-state index in [2.05, 4.69) is 30.6 Å². The van der Waals surface area contributed by atoms with E-state index in [0.717, 1.165) is 6.07 Å². The lowest BCUT2D eigenvalue weighted by molar-refractivity contribution is 0.262. The molecular formula is C19H18Cl2F2N8O. The number of H-pyrrole nitrogens is 2. The first kappa shape index (κ1) is 24.4. The number of aromatic nitrogens is 4. The molecule has 32 heavy (non-hydrogen) atoms.